The molecule has 0 amide bonds. The summed E-state index contributed by atoms with van der Waals surface area (Å²) in [5.74, 6) is 0. The number of hydrogen-bond donors (Lipinski definition) is 0. The summed E-state index contributed by atoms with van der Waals surface area (Å²) in [5, 5.41) is 30.4. The lowest BCUT2D eigenvalue weighted by Crippen LogP contribution is -1.94. The van der Waals surface area contributed by atoms with Crippen LogP contribution in [0.15, 0.2) is 546 Å². The van der Waals surface area contributed by atoms with E-state index < -0.39 is 0 Å². The van der Waals surface area contributed by atoms with E-state index in [-0.39, 0.29) is 0 Å². The lowest BCUT2D eigenvalue weighted by Gasteiger charge is -2.21. The highest BCUT2D eigenvalue weighted by Gasteiger charge is 2.26. The molecule has 0 unspecified atom stereocenters. The van der Waals surface area contributed by atoms with Crippen molar-refractivity contribution in [3.05, 3.63) is 546 Å². The third-order valence-electron chi connectivity index (χ3n) is 28.3. The van der Waals surface area contributed by atoms with E-state index in [1.165, 1.54) is 263 Å². The molecule has 0 heteroatoms. The maximum Gasteiger partial charge on any atom is -0.00201 e. The van der Waals surface area contributed by atoms with Crippen LogP contribution in [0.4, 0.5) is 0 Å². The average Bonchev–Trinajstić information content (AvgIpc) is 0.738. The van der Waals surface area contributed by atoms with E-state index in [2.05, 4.69) is 546 Å². The van der Waals surface area contributed by atoms with Gasteiger partial charge in [0.15, 0.2) is 0 Å². The molecule has 0 atom stereocenters. The monoisotopic (exact) mass is 1750 g/mol. The number of benzene rings is 27. The van der Waals surface area contributed by atoms with Crippen LogP contribution in [0.5, 0.6) is 0 Å². The molecule has 0 spiro atoms. The highest BCUT2D eigenvalue weighted by atomic mass is 14.3. The van der Waals surface area contributed by atoms with Crippen molar-refractivity contribution in [1.29, 1.82) is 0 Å². The first-order valence-corrected chi connectivity index (χ1v) is 47.8. The van der Waals surface area contributed by atoms with Gasteiger partial charge in [0.25, 0.3) is 0 Å². The molecule has 0 aliphatic carbocycles. The molecule has 0 aromatic heterocycles. The summed E-state index contributed by atoms with van der Waals surface area (Å²) in [5.41, 5.74) is 30.0. The average molecular weight is 1750 g/mol. The summed E-state index contributed by atoms with van der Waals surface area (Å²) < 4.78 is 0. The minimum Gasteiger partial charge on any atom is -0.0622 e. The normalized spacial score (nSPS) is 11.5. The van der Waals surface area contributed by atoms with Crippen molar-refractivity contribution in [1.82, 2.24) is 0 Å². The van der Waals surface area contributed by atoms with Crippen LogP contribution < -0.4 is 0 Å². The quantitative estimate of drug-likeness (QED) is 0.107. The second-order valence-electron chi connectivity index (χ2n) is 36.2. The van der Waals surface area contributed by atoms with E-state index in [4.69, 9.17) is 0 Å². The van der Waals surface area contributed by atoms with Crippen molar-refractivity contribution >= 4 is 129 Å². The Balaban J connectivity index is 0.000000110. The SMILES string of the molecule is c1ccc(-c2ccccc2-c2c3ccccc3c(-c3ccc(-c4c5ccccc5cc5ccccc45)cc3)c3ccccc23)cc1.c1ccc(-c2ccccc2-c2c3ccccc3c(-c3cccc(-c4ccc5cc6ccccc6cc5c4)c3)c3ccccc23)cc1.c1ccc(-c2ccccc2-c2c3ccccc3c(-c3ccccc3-c3ccc4cc5ccccc5cc4c3)c3ccccc23)cc1. The van der Waals surface area contributed by atoms with Gasteiger partial charge in [0.1, 0.15) is 0 Å². The first kappa shape index (κ1) is 82.0. The van der Waals surface area contributed by atoms with Crippen molar-refractivity contribution < 1.29 is 0 Å². The molecule has 0 fully saturated rings. The fraction of sp³-hybridized carbons (Fsp3) is 0. The van der Waals surface area contributed by atoms with Crippen molar-refractivity contribution in [2.75, 3.05) is 0 Å². The summed E-state index contributed by atoms with van der Waals surface area (Å²) >= 11 is 0. The molecule has 642 valence electrons. The molecular weight excluding hydrogens is 1660 g/mol. The molecule has 27 aromatic carbocycles. The first-order chi connectivity index (χ1) is 68.5. The molecular formula is C138H90. The smallest absolute Gasteiger partial charge is 0.00201 e. The van der Waals surface area contributed by atoms with Crippen LogP contribution in [-0.4, -0.2) is 0 Å². The van der Waals surface area contributed by atoms with Gasteiger partial charge < -0.3 is 0 Å². The molecule has 0 bridgehead atoms. The number of hydrogen-bond acceptors (Lipinski definition) is 0. The molecule has 0 aliphatic heterocycles. The molecule has 0 radical (unpaired) electrons. The van der Waals surface area contributed by atoms with Crippen LogP contribution >= 0.6 is 0 Å². The van der Waals surface area contributed by atoms with Gasteiger partial charge in [-0.2, -0.15) is 0 Å². The fourth-order valence-corrected chi connectivity index (χ4v) is 22.0. The van der Waals surface area contributed by atoms with Crippen LogP contribution in [-0.2, 0) is 0 Å². The van der Waals surface area contributed by atoms with Crippen molar-refractivity contribution in [3.63, 3.8) is 0 Å². The number of rotatable bonds is 12. The minimum absolute atomic E-state index is 1.22. The Morgan fingerprint density at radius 2 is 0.261 bits per heavy atom. The van der Waals surface area contributed by atoms with Crippen molar-refractivity contribution in [2.24, 2.45) is 0 Å². The zero-order valence-corrected chi connectivity index (χ0v) is 76.0. The van der Waals surface area contributed by atoms with Gasteiger partial charge in [-0.3, -0.25) is 0 Å². The minimum atomic E-state index is 1.22. The fourth-order valence-electron chi connectivity index (χ4n) is 22.0. The maximum absolute atomic E-state index is 2.37. The molecule has 27 rings (SSSR count). The zero-order chi connectivity index (χ0) is 91.4. The Morgan fingerprint density at radius 1 is 0.0725 bits per heavy atom. The molecule has 0 heterocycles. The highest BCUT2D eigenvalue weighted by Crippen LogP contribution is 2.53. The third kappa shape index (κ3) is 14.9. The molecule has 0 aliphatic rings. The predicted molar refractivity (Wildman–Crippen MR) is 595 cm³/mol. The first-order valence-electron chi connectivity index (χ1n) is 47.8. The van der Waals surface area contributed by atoms with E-state index in [0.717, 1.165) is 0 Å². The summed E-state index contributed by atoms with van der Waals surface area (Å²) in [4.78, 5) is 0. The van der Waals surface area contributed by atoms with Gasteiger partial charge in [-0.15, -0.1) is 0 Å². The second-order valence-corrected chi connectivity index (χ2v) is 36.2. The number of fused-ring (bicyclic) bond motifs is 12. The molecule has 27 aromatic rings. The van der Waals surface area contributed by atoms with Gasteiger partial charge in [-0.05, 0) is 311 Å². The highest BCUT2D eigenvalue weighted by molar-refractivity contribution is 6.27. The Morgan fingerprint density at radius 3 is 0.587 bits per heavy atom. The van der Waals surface area contributed by atoms with E-state index in [0.29, 0.717) is 0 Å². The van der Waals surface area contributed by atoms with Crippen LogP contribution in [0.1, 0.15) is 0 Å². The Bertz CT molecular complexity index is 9210. The van der Waals surface area contributed by atoms with Gasteiger partial charge in [-0.25, -0.2) is 0 Å². The van der Waals surface area contributed by atoms with Crippen LogP contribution in [0.2, 0.25) is 0 Å². The topological polar surface area (TPSA) is 0 Å². The van der Waals surface area contributed by atoms with Crippen LogP contribution in [0.25, 0.3) is 263 Å². The van der Waals surface area contributed by atoms with Gasteiger partial charge in [0.2, 0.25) is 0 Å². The molecule has 0 saturated heterocycles. The third-order valence-corrected chi connectivity index (χ3v) is 28.3. The summed E-state index contributed by atoms with van der Waals surface area (Å²) in [7, 11) is 0. The molecule has 0 N–H and O–H groups in total. The Kier molecular flexibility index (Phi) is 21.1. The van der Waals surface area contributed by atoms with E-state index in [1.54, 1.807) is 0 Å². The van der Waals surface area contributed by atoms with E-state index in [9.17, 15) is 0 Å². The Hall–Kier alpha value is -17.9. The Labute approximate surface area is 802 Å². The lowest BCUT2D eigenvalue weighted by atomic mass is 9.82. The van der Waals surface area contributed by atoms with Gasteiger partial charge in [0, 0.05) is 0 Å². The standard InChI is InChI=1S/3C46H30/c1-2-14-31(15-3-1)36-18-8-9-21-39(36)46-42-24-12-10-22-40(42)45(41-23-11-13-25-43(41)46)33-28-26-32(27-29-33)44-37-19-6-4-16-34(37)30-35-17-5-7-20-38(35)44;1-2-14-31(15-3-1)37-18-6-8-20-39(37)45-41-22-10-12-24-43(41)46(44-25-13-11-23-42(44)45)40-21-9-7-19-38(40)35-27-26-34-28-32-16-4-5-17-33(32)29-36(34)30-35;1-2-13-31(14-3-1)39-19-6-7-20-40(39)46-43-23-10-8-21-41(43)45(42-22-9-11-24-44(42)46)37-18-12-17-34(28-37)35-25-26-36-27-32-15-4-5-16-33(32)29-38(36)30-35/h3*1-30H. The summed E-state index contributed by atoms with van der Waals surface area (Å²) in [6, 6.07) is 200. The van der Waals surface area contributed by atoms with Crippen molar-refractivity contribution in [2.45, 2.75) is 0 Å². The van der Waals surface area contributed by atoms with E-state index >= 15 is 0 Å². The van der Waals surface area contributed by atoms with Crippen LogP contribution in [0, 0.1) is 0 Å². The summed E-state index contributed by atoms with van der Waals surface area (Å²) in [6.07, 6.45) is 0. The predicted octanol–water partition coefficient (Wildman–Crippen LogP) is 38.9. The van der Waals surface area contributed by atoms with Gasteiger partial charge in [0.05, 0.1) is 0 Å². The maximum atomic E-state index is 2.37. The largest absolute Gasteiger partial charge is 0.0622 e. The van der Waals surface area contributed by atoms with E-state index in [1.807, 2.05) is 0 Å². The molecule has 0 nitrogen and oxygen atoms in total. The molecule has 138 heavy (non-hydrogen) atoms. The van der Waals surface area contributed by atoms with Gasteiger partial charge >= 0.3 is 0 Å². The molecule has 0 saturated carbocycles. The van der Waals surface area contributed by atoms with Crippen LogP contribution in [0.3, 0.4) is 0 Å². The second kappa shape index (κ2) is 35.5. The summed E-state index contributed by atoms with van der Waals surface area (Å²) in [6.45, 7) is 0. The van der Waals surface area contributed by atoms with Crippen molar-refractivity contribution in [3.8, 4) is 134 Å². The lowest BCUT2D eigenvalue weighted by molar-refractivity contribution is 1.60. The van der Waals surface area contributed by atoms with Gasteiger partial charge in [-0.1, -0.05) is 497 Å². The zero-order valence-electron chi connectivity index (χ0n) is 76.0.